The average Bonchev–Trinajstić information content (AvgIpc) is 2.85. The molecule has 0 amide bonds. The highest BCUT2D eigenvalue weighted by molar-refractivity contribution is 7.99. The van der Waals surface area contributed by atoms with Crippen LogP contribution in [0.3, 0.4) is 0 Å². The normalized spacial score (nSPS) is 18.3. The molecule has 1 atom stereocenters. The number of thiazole rings is 1. The van der Waals surface area contributed by atoms with E-state index in [4.69, 9.17) is 0 Å². The predicted molar refractivity (Wildman–Crippen MR) is 83.1 cm³/mol. The molecule has 0 fully saturated rings. The molecule has 1 aromatic heterocycles. The van der Waals surface area contributed by atoms with E-state index in [1.807, 2.05) is 18.0 Å². The summed E-state index contributed by atoms with van der Waals surface area (Å²) in [6, 6.07) is 9.28. The molecule has 2 heterocycles. The van der Waals surface area contributed by atoms with Crippen LogP contribution in [0.15, 0.2) is 35.4 Å². The Balaban J connectivity index is 1.59. The Morgan fingerprint density at radius 3 is 3.11 bits per heavy atom. The third kappa shape index (κ3) is 3.19. The molecule has 1 aliphatic heterocycles. The van der Waals surface area contributed by atoms with Crippen LogP contribution >= 0.6 is 23.1 Å². The van der Waals surface area contributed by atoms with Gasteiger partial charge in [0.1, 0.15) is 0 Å². The van der Waals surface area contributed by atoms with Crippen LogP contribution < -0.4 is 5.32 Å². The van der Waals surface area contributed by atoms with Crippen LogP contribution in [-0.2, 0) is 6.42 Å². The summed E-state index contributed by atoms with van der Waals surface area (Å²) in [5.41, 5.74) is 1.47. The zero-order valence-electron chi connectivity index (χ0n) is 11.1. The summed E-state index contributed by atoms with van der Waals surface area (Å²) in [6.45, 7) is 3.12. The molecule has 0 saturated heterocycles. The first-order valence-corrected chi connectivity index (χ1v) is 8.49. The van der Waals surface area contributed by atoms with Crippen LogP contribution in [0.4, 0.5) is 0 Å². The molecule has 0 bridgehead atoms. The van der Waals surface area contributed by atoms with Gasteiger partial charge in [0.2, 0.25) is 0 Å². The van der Waals surface area contributed by atoms with Crippen molar-refractivity contribution in [2.24, 2.45) is 0 Å². The molecule has 1 N–H and O–H groups in total. The van der Waals surface area contributed by atoms with Crippen molar-refractivity contribution in [3.8, 4) is 0 Å². The first-order valence-electron chi connectivity index (χ1n) is 6.69. The van der Waals surface area contributed by atoms with E-state index < -0.39 is 0 Å². The Hall–Kier alpha value is -0.840. The van der Waals surface area contributed by atoms with Gasteiger partial charge in [-0.1, -0.05) is 18.2 Å². The molecule has 3 rings (SSSR count). The molecule has 2 aromatic rings. The van der Waals surface area contributed by atoms with E-state index in [1.165, 1.54) is 32.5 Å². The number of thioether (sulfide) groups is 1. The minimum absolute atomic E-state index is 0.513. The zero-order valence-corrected chi connectivity index (χ0v) is 12.7. The Morgan fingerprint density at radius 1 is 1.37 bits per heavy atom. The summed E-state index contributed by atoms with van der Waals surface area (Å²) in [5, 5.41) is 4.93. The molecular formula is C15H18N2S2. The molecule has 0 unspecified atom stereocenters. The van der Waals surface area contributed by atoms with Crippen LogP contribution in [0.5, 0.6) is 0 Å². The van der Waals surface area contributed by atoms with Crippen molar-refractivity contribution in [1.29, 1.82) is 0 Å². The summed E-state index contributed by atoms with van der Waals surface area (Å²) < 4.78 is 0. The lowest BCUT2D eigenvalue weighted by molar-refractivity contribution is 0.513. The fraction of sp³-hybridized carbons (Fsp3) is 0.400. The van der Waals surface area contributed by atoms with Gasteiger partial charge in [-0.15, -0.1) is 23.1 Å². The molecule has 0 spiro atoms. The third-order valence-corrected chi connectivity index (χ3v) is 5.45. The second-order valence-corrected chi connectivity index (χ2v) is 7.25. The molecule has 0 radical (unpaired) electrons. The predicted octanol–water partition coefficient (Wildman–Crippen LogP) is 3.82. The van der Waals surface area contributed by atoms with E-state index in [2.05, 4.69) is 41.5 Å². The van der Waals surface area contributed by atoms with Crippen molar-refractivity contribution in [1.82, 2.24) is 10.3 Å². The van der Waals surface area contributed by atoms with Crippen molar-refractivity contribution in [2.45, 2.75) is 30.7 Å². The van der Waals surface area contributed by atoms with Gasteiger partial charge >= 0.3 is 0 Å². The second kappa shape index (κ2) is 6.07. The first-order chi connectivity index (χ1) is 9.33. The topological polar surface area (TPSA) is 24.9 Å². The maximum atomic E-state index is 4.42. The number of aromatic nitrogens is 1. The van der Waals surface area contributed by atoms with Crippen LogP contribution in [0.1, 0.15) is 27.9 Å². The molecular weight excluding hydrogens is 272 g/mol. The molecule has 1 aliphatic rings. The number of nitrogens with one attached hydrogen (secondary N) is 1. The van der Waals surface area contributed by atoms with Crippen LogP contribution in [0.25, 0.3) is 0 Å². The standard InChI is InChI=1S/C15H18N2S2/c1-11-10-17-15(19-11)6-8-16-13-7-9-18-14-5-3-2-4-12(13)14/h2-5,10,13,16H,6-9H2,1H3/t13-/m0/s1. The summed E-state index contributed by atoms with van der Waals surface area (Å²) in [5.74, 6) is 1.21. The second-order valence-electron chi connectivity index (χ2n) is 4.80. The van der Waals surface area contributed by atoms with E-state index in [9.17, 15) is 0 Å². The maximum absolute atomic E-state index is 4.42. The number of hydrogen-bond donors (Lipinski definition) is 1. The summed E-state index contributed by atoms with van der Waals surface area (Å²) in [4.78, 5) is 7.16. The van der Waals surface area contributed by atoms with Crippen molar-refractivity contribution >= 4 is 23.1 Å². The Morgan fingerprint density at radius 2 is 2.26 bits per heavy atom. The van der Waals surface area contributed by atoms with Gasteiger partial charge < -0.3 is 5.32 Å². The number of fused-ring (bicyclic) bond motifs is 1. The lowest BCUT2D eigenvalue weighted by atomic mass is 10.0. The number of rotatable bonds is 4. The van der Waals surface area contributed by atoms with Gasteiger partial charge in [-0.05, 0) is 30.7 Å². The van der Waals surface area contributed by atoms with Crippen molar-refractivity contribution in [2.75, 3.05) is 12.3 Å². The monoisotopic (exact) mass is 290 g/mol. The Kier molecular flexibility index (Phi) is 4.21. The van der Waals surface area contributed by atoms with Gasteiger partial charge in [0.05, 0.1) is 5.01 Å². The molecule has 1 aromatic carbocycles. The van der Waals surface area contributed by atoms with Crippen LogP contribution in [0, 0.1) is 6.92 Å². The van der Waals surface area contributed by atoms with Gasteiger partial charge in [0.15, 0.2) is 0 Å². The highest BCUT2D eigenvalue weighted by Gasteiger charge is 2.19. The minimum atomic E-state index is 0.513. The molecule has 0 saturated carbocycles. The Labute approximate surface area is 122 Å². The molecule has 4 heteroatoms. The maximum Gasteiger partial charge on any atom is 0.0940 e. The smallest absolute Gasteiger partial charge is 0.0940 e. The van der Waals surface area contributed by atoms with E-state index in [-0.39, 0.29) is 0 Å². The summed E-state index contributed by atoms with van der Waals surface area (Å²) in [6.07, 6.45) is 4.22. The lowest BCUT2D eigenvalue weighted by Gasteiger charge is -2.25. The number of aryl methyl sites for hydroxylation is 1. The largest absolute Gasteiger partial charge is 0.309 e. The first kappa shape index (κ1) is 13.2. The lowest BCUT2D eigenvalue weighted by Crippen LogP contribution is -2.26. The quantitative estimate of drug-likeness (QED) is 0.926. The van der Waals surface area contributed by atoms with Gasteiger partial charge in [-0.25, -0.2) is 4.98 Å². The third-order valence-electron chi connectivity index (χ3n) is 3.36. The van der Waals surface area contributed by atoms with Gasteiger partial charge in [0, 0.05) is 35.0 Å². The molecule has 2 nitrogen and oxygen atoms in total. The van der Waals surface area contributed by atoms with Gasteiger partial charge in [-0.3, -0.25) is 0 Å². The van der Waals surface area contributed by atoms with Gasteiger partial charge in [-0.2, -0.15) is 0 Å². The molecule has 0 aliphatic carbocycles. The number of hydrogen-bond acceptors (Lipinski definition) is 4. The highest BCUT2D eigenvalue weighted by atomic mass is 32.2. The van der Waals surface area contributed by atoms with E-state index in [1.54, 1.807) is 11.3 Å². The zero-order chi connectivity index (χ0) is 13.1. The Bertz CT molecular complexity index is 551. The van der Waals surface area contributed by atoms with Crippen LogP contribution in [-0.4, -0.2) is 17.3 Å². The van der Waals surface area contributed by atoms with E-state index >= 15 is 0 Å². The van der Waals surface area contributed by atoms with E-state index in [0.29, 0.717) is 6.04 Å². The average molecular weight is 290 g/mol. The van der Waals surface area contributed by atoms with Gasteiger partial charge in [0.25, 0.3) is 0 Å². The van der Waals surface area contributed by atoms with E-state index in [0.717, 1.165) is 13.0 Å². The fourth-order valence-corrected chi connectivity index (χ4v) is 4.34. The fourth-order valence-electron chi connectivity index (χ4n) is 2.42. The molecule has 100 valence electrons. The van der Waals surface area contributed by atoms with Crippen LogP contribution in [0.2, 0.25) is 0 Å². The summed E-state index contributed by atoms with van der Waals surface area (Å²) >= 11 is 3.78. The number of nitrogens with zero attached hydrogens (tertiary/aromatic N) is 1. The summed E-state index contributed by atoms with van der Waals surface area (Å²) in [7, 11) is 0. The van der Waals surface area contributed by atoms with Crippen molar-refractivity contribution in [3.63, 3.8) is 0 Å². The van der Waals surface area contributed by atoms with Crippen molar-refractivity contribution < 1.29 is 0 Å². The minimum Gasteiger partial charge on any atom is -0.309 e. The van der Waals surface area contributed by atoms with Crippen molar-refractivity contribution in [3.05, 3.63) is 45.9 Å². The highest BCUT2D eigenvalue weighted by Crippen LogP contribution is 2.35. The number of benzene rings is 1. The SMILES string of the molecule is Cc1cnc(CCN[C@H]2CCSc3ccccc32)s1. The molecule has 19 heavy (non-hydrogen) atoms.